The van der Waals surface area contributed by atoms with E-state index < -0.39 is 15.8 Å². The molecule has 0 aromatic heterocycles. The number of likely N-dealkylation sites (N-methyl/N-ethyl adjacent to an activating group) is 1. The quantitative estimate of drug-likeness (QED) is 0.713. The minimum Gasteiger partial charge on any atom is -0.353 e. The van der Waals surface area contributed by atoms with Gasteiger partial charge in [0.1, 0.15) is 5.82 Å². The van der Waals surface area contributed by atoms with Crippen LogP contribution in [0.3, 0.4) is 0 Å². The van der Waals surface area contributed by atoms with E-state index in [4.69, 9.17) is 0 Å². The monoisotopic (exact) mass is 419 g/mol. The molecule has 0 bridgehead atoms. The SMILES string of the molecule is CN(CC(=O)NC[C@H](c1ccccc1)N1CCCC1)S(=O)(=O)c1ccc(F)cc1. The summed E-state index contributed by atoms with van der Waals surface area (Å²) in [5.41, 5.74) is 1.13. The van der Waals surface area contributed by atoms with Gasteiger partial charge in [-0.05, 0) is 55.8 Å². The lowest BCUT2D eigenvalue weighted by Crippen LogP contribution is -2.42. The van der Waals surface area contributed by atoms with Crippen LogP contribution in [0.4, 0.5) is 4.39 Å². The zero-order chi connectivity index (χ0) is 20.9. The van der Waals surface area contributed by atoms with Gasteiger partial charge in [-0.25, -0.2) is 12.8 Å². The Kier molecular flexibility index (Phi) is 7.00. The molecule has 29 heavy (non-hydrogen) atoms. The third kappa shape index (κ3) is 5.41. The minimum absolute atomic E-state index is 0.0478. The van der Waals surface area contributed by atoms with Gasteiger partial charge >= 0.3 is 0 Å². The highest BCUT2D eigenvalue weighted by atomic mass is 32.2. The smallest absolute Gasteiger partial charge is 0.243 e. The summed E-state index contributed by atoms with van der Waals surface area (Å²) in [5, 5.41) is 2.87. The predicted octanol–water partition coefficient (Wildman–Crippen LogP) is 2.40. The van der Waals surface area contributed by atoms with Crippen LogP contribution in [-0.4, -0.2) is 56.8 Å². The topological polar surface area (TPSA) is 69.7 Å². The Labute approximate surface area is 171 Å². The Morgan fingerprint density at radius 3 is 2.34 bits per heavy atom. The molecule has 6 nitrogen and oxygen atoms in total. The Balaban J connectivity index is 1.62. The zero-order valence-corrected chi connectivity index (χ0v) is 17.2. The van der Waals surface area contributed by atoms with Gasteiger partial charge in [0.05, 0.1) is 17.5 Å². The van der Waals surface area contributed by atoms with E-state index in [0.717, 1.165) is 47.9 Å². The standard InChI is InChI=1S/C21H26FN3O3S/c1-24(29(27,28)19-11-9-18(22)10-12-19)16-21(26)23-15-20(25-13-5-6-14-25)17-7-3-2-4-8-17/h2-4,7-12,20H,5-6,13-16H2,1H3,(H,23,26)/t20-/m1/s1. The largest absolute Gasteiger partial charge is 0.353 e. The number of benzene rings is 2. The van der Waals surface area contributed by atoms with E-state index in [9.17, 15) is 17.6 Å². The Morgan fingerprint density at radius 2 is 1.72 bits per heavy atom. The summed E-state index contributed by atoms with van der Waals surface area (Å²) in [5.74, 6) is -0.892. The molecule has 1 amide bonds. The first-order valence-corrected chi connectivity index (χ1v) is 11.1. The molecule has 2 aromatic carbocycles. The number of hydrogen-bond donors (Lipinski definition) is 1. The van der Waals surface area contributed by atoms with Crippen molar-refractivity contribution in [3.05, 3.63) is 66.0 Å². The maximum Gasteiger partial charge on any atom is 0.243 e. The summed E-state index contributed by atoms with van der Waals surface area (Å²) >= 11 is 0. The number of hydrogen-bond acceptors (Lipinski definition) is 4. The number of nitrogens with zero attached hydrogens (tertiary/aromatic N) is 2. The maximum absolute atomic E-state index is 13.1. The molecule has 1 aliphatic rings. The summed E-state index contributed by atoms with van der Waals surface area (Å²) in [6.45, 7) is 2.07. The molecule has 0 saturated carbocycles. The van der Waals surface area contributed by atoms with Gasteiger partial charge < -0.3 is 5.32 Å². The molecule has 1 heterocycles. The van der Waals surface area contributed by atoms with Crippen molar-refractivity contribution >= 4 is 15.9 Å². The molecular formula is C21H26FN3O3S. The molecule has 3 rings (SSSR count). The van der Waals surface area contributed by atoms with Crippen LogP contribution in [0.2, 0.25) is 0 Å². The van der Waals surface area contributed by atoms with Gasteiger partial charge in [0.25, 0.3) is 0 Å². The van der Waals surface area contributed by atoms with Crippen LogP contribution in [0.1, 0.15) is 24.4 Å². The molecule has 0 spiro atoms. The third-order valence-electron chi connectivity index (χ3n) is 5.15. The van der Waals surface area contributed by atoms with Crippen molar-refractivity contribution in [2.45, 2.75) is 23.8 Å². The van der Waals surface area contributed by atoms with Crippen molar-refractivity contribution in [2.24, 2.45) is 0 Å². The first-order chi connectivity index (χ1) is 13.9. The molecule has 156 valence electrons. The number of likely N-dealkylation sites (tertiary alicyclic amines) is 1. The number of sulfonamides is 1. The first-order valence-electron chi connectivity index (χ1n) is 9.65. The molecule has 0 radical (unpaired) electrons. The highest BCUT2D eigenvalue weighted by Crippen LogP contribution is 2.24. The Morgan fingerprint density at radius 1 is 1.10 bits per heavy atom. The van der Waals surface area contributed by atoms with E-state index in [1.807, 2.05) is 30.3 Å². The van der Waals surface area contributed by atoms with Gasteiger partial charge in [-0.2, -0.15) is 4.31 Å². The van der Waals surface area contributed by atoms with E-state index in [0.29, 0.717) is 6.54 Å². The van der Waals surface area contributed by atoms with Gasteiger partial charge in [0, 0.05) is 13.6 Å². The molecule has 1 atom stereocenters. The van der Waals surface area contributed by atoms with Gasteiger partial charge in [-0.15, -0.1) is 0 Å². The van der Waals surface area contributed by atoms with Gasteiger partial charge in [0.15, 0.2) is 0 Å². The van der Waals surface area contributed by atoms with Crippen LogP contribution >= 0.6 is 0 Å². The normalized spacial score (nSPS) is 16.1. The zero-order valence-electron chi connectivity index (χ0n) is 16.4. The van der Waals surface area contributed by atoms with Crippen LogP contribution in [-0.2, 0) is 14.8 Å². The fraction of sp³-hybridized carbons (Fsp3) is 0.381. The molecule has 0 aliphatic carbocycles. The van der Waals surface area contributed by atoms with Crippen molar-refractivity contribution in [3.8, 4) is 0 Å². The van der Waals surface area contributed by atoms with Crippen molar-refractivity contribution in [3.63, 3.8) is 0 Å². The van der Waals surface area contributed by atoms with E-state index in [1.165, 1.54) is 19.2 Å². The second-order valence-corrected chi connectivity index (χ2v) is 9.23. The lowest BCUT2D eigenvalue weighted by molar-refractivity contribution is -0.121. The number of rotatable bonds is 8. The molecule has 1 N–H and O–H groups in total. The van der Waals surface area contributed by atoms with Crippen molar-refractivity contribution in [1.29, 1.82) is 0 Å². The van der Waals surface area contributed by atoms with E-state index in [-0.39, 0.29) is 23.4 Å². The number of carbonyl (C=O) groups excluding carboxylic acids is 1. The van der Waals surface area contributed by atoms with Gasteiger partial charge in [0.2, 0.25) is 15.9 Å². The number of amides is 1. The predicted molar refractivity (Wildman–Crippen MR) is 109 cm³/mol. The summed E-state index contributed by atoms with van der Waals surface area (Å²) in [6.07, 6.45) is 2.27. The lowest BCUT2D eigenvalue weighted by atomic mass is 10.1. The van der Waals surface area contributed by atoms with Crippen LogP contribution in [0.5, 0.6) is 0 Å². The molecule has 1 aliphatic heterocycles. The highest BCUT2D eigenvalue weighted by molar-refractivity contribution is 7.89. The summed E-state index contributed by atoms with van der Waals surface area (Å²) in [7, 11) is -2.52. The molecule has 8 heteroatoms. The Bertz CT molecular complexity index is 914. The van der Waals surface area contributed by atoms with E-state index >= 15 is 0 Å². The van der Waals surface area contributed by atoms with Crippen molar-refractivity contribution in [2.75, 3.05) is 33.2 Å². The minimum atomic E-state index is -3.86. The Hall–Kier alpha value is -2.29. The molecule has 0 unspecified atom stereocenters. The maximum atomic E-state index is 13.1. The fourth-order valence-electron chi connectivity index (χ4n) is 3.53. The second-order valence-electron chi connectivity index (χ2n) is 7.19. The summed E-state index contributed by atoms with van der Waals surface area (Å²) in [6, 6.07) is 14.6. The van der Waals surface area contributed by atoms with E-state index in [2.05, 4.69) is 10.2 Å². The number of nitrogens with one attached hydrogen (secondary N) is 1. The van der Waals surface area contributed by atoms with Gasteiger partial charge in [-0.1, -0.05) is 30.3 Å². The number of carbonyl (C=O) groups is 1. The van der Waals surface area contributed by atoms with Crippen molar-refractivity contribution in [1.82, 2.24) is 14.5 Å². The van der Waals surface area contributed by atoms with E-state index in [1.54, 1.807) is 0 Å². The third-order valence-corrected chi connectivity index (χ3v) is 6.96. The number of halogens is 1. The van der Waals surface area contributed by atoms with Crippen LogP contribution in [0, 0.1) is 5.82 Å². The molecule has 2 aromatic rings. The lowest BCUT2D eigenvalue weighted by Gasteiger charge is -2.28. The fourth-order valence-corrected chi connectivity index (χ4v) is 4.65. The average Bonchev–Trinajstić information content (AvgIpc) is 3.24. The van der Waals surface area contributed by atoms with Crippen LogP contribution in [0.15, 0.2) is 59.5 Å². The second kappa shape index (κ2) is 9.47. The summed E-state index contributed by atoms with van der Waals surface area (Å²) in [4.78, 5) is 14.7. The first kappa shape index (κ1) is 21.4. The average molecular weight is 420 g/mol. The van der Waals surface area contributed by atoms with Crippen LogP contribution in [0.25, 0.3) is 0 Å². The van der Waals surface area contributed by atoms with Crippen molar-refractivity contribution < 1.29 is 17.6 Å². The van der Waals surface area contributed by atoms with Gasteiger partial charge in [-0.3, -0.25) is 9.69 Å². The van der Waals surface area contributed by atoms with Crippen LogP contribution < -0.4 is 5.32 Å². The molecular weight excluding hydrogens is 393 g/mol. The highest BCUT2D eigenvalue weighted by Gasteiger charge is 2.26. The molecule has 1 saturated heterocycles. The molecule has 1 fully saturated rings. The summed E-state index contributed by atoms with van der Waals surface area (Å²) < 4.78 is 39.2.